The first kappa shape index (κ1) is 12.9. The molecule has 1 rings (SSSR count). The summed E-state index contributed by atoms with van der Waals surface area (Å²) in [5, 5.41) is 21.8. The minimum atomic E-state index is -0.710. The average molecular weight is 239 g/mol. The molecule has 0 heterocycles. The zero-order chi connectivity index (χ0) is 13.4. The molecular weight excluding hydrogens is 226 g/mol. The minimum Gasteiger partial charge on any atom is -0.398 e. The molecule has 92 valence electrons. The fraction of sp³-hybridized carbons (Fsp3) is 0.400. The molecule has 0 spiro atoms. The number of hydrogen-bond donors (Lipinski definition) is 1. The topological polar surface area (TPSA) is 112 Å². The molecule has 2 N–H and O–H groups in total. The van der Waals surface area contributed by atoms with E-state index >= 15 is 0 Å². The van der Waals surface area contributed by atoms with Crippen LogP contribution in [0.4, 0.5) is 17.1 Å². The number of hydrogen-bond acceptors (Lipinski definition) is 5. The second-order valence-electron chi connectivity index (χ2n) is 4.70. The first-order valence-corrected chi connectivity index (χ1v) is 4.87. The highest BCUT2D eigenvalue weighted by atomic mass is 16.6. The second kappa shape index (κ2) is 4.00. The minimum absolute atomic E-state index is 0.0106. The lowest BCUT2D eigenvalue weighted by atomic mass is 9.84. The molecule has 0 aromatic heterocycles. The summed E-state index contributed by atoms with van der Waals surface area (Å²) in [4.78, 5) is 20.5. The van der Waals surface area contributed by atoms with Gasteiger partial charge in [0.1, 0.15) is 5.56 Å². The van der Waals surface area contributed by atoms with Crippen LogP contribution in [0.25, 0.3) is 0 Å². The highest BCUT2D eigenvalue weighted by Crippen LogP contribution is 2.39. The monoisotopic (exact) mass is 239 g/mol. The third kappa shape index (κ3) is 2.49. The standard InChI is InChI=1S/C10H13N3O4/c1-10(2,3)9-7(12(14)15)4-6(11)5-8(9)13(16)17/h4-5H,11H2,1-3H3. The summed E-state index contributed by atoms with van der Waals surface area (Å²) < 4.78 is 0. The molecule has 0 atom stereocenters. The van der Waals surface area contributed by atoms with Crippen LogP contribution < -0.4 is 5.73 Å². The van der Waals surface area contributed by atoms with Crippen LogP contribution in [-0.4, -0.2) is 9.85 Å². The van der Waals surface area contributed by atoms with Crippen molar-refractivity contribution < 1.29 is 9.85 Å². The maximum Gasteiger partial charge on any atom is 0.282 e. The molecule has 0 aliphatic rings. The zero-order valence-corrected chi connectivity index (χ0v) is 9.76. The van der Waals surface area contributed by atoms with E-state index in [0.29, 0.717) is 0 Å². The average Bonchev–Trinajstić information content (AvgIpc) is 2.14. The Labute approximate surface area is 97.5 Å². The van der Waals surface area contributed by atoms with Gasteiger partial charge in [-0.25, -0.2) is 0 Å². The van der Waals surface area contributed by atoms with Crippen molar-refractivity contribution in [1.82, 2.24) is 0 Å². The van der Waals surface area contributed by atoms with E-state index in [4.69, 9.17) is 5.73 Å². The first-order valence-electron chi connectivity index (χ1n) is 4.87. The molecule has 1 aromatic carbocycles. The first-order chi connectivity index (χ1) is 7.64. The smallest absolute Gasteiger partial charge is 0.282 e. The number of nitro groups is 2. The SMILES string of the molecule is CC(C)(C)c1c([N+](=O)[O-])cc(N)cc1[N+](=O)[O-]. The number of rotatable bonds is 2. The second-order valence-corrected chi connectivity index (χ2v) is 4.70. The van der Waals surface area contributed by atoms with Gasteiger partial charge in [-0.05, 0) is 0 Å². The summed E-state index contributed by atoms with van der Waals surface area (Å²) in [6, 6.07) is 2.29. The van der Waals surface area contributed by atoms with E-state index in [1.54, 1.807) is 20.8 Å². The molecule has 0 amide bonds. The van der Waals surface area contributed by atoms with Crippen LogP contribution in [0, 0.1) is 20.2 Å². The Morgan fingerprint density at radius 1 is 1.06 bits per heavy atom. The Balaban J connectivity index is 3.72. The largest absolute Gasteiger partial charge is 0.398 e. The summed E-state index contributed by atoms with van der Waals surface area (Å²) in [5.74, 6) is 0. The van der Waals surface area contributed by atoms with Crippen LogP contribution in [0.2, 0.25) is 0 Å². The molecule has 0 saturated heterocycles. The van der Waals surface area contributed by atoms with Crippen molar-refractivity contribution in [2.75, 3.05) is 5.73 Å². The molecule has 7 nitrogen and oxygen atoms in total. The Bertz CT molecular complexity index is 456. The third-order valence-corrected chi connectivity index (χ3v) is 2.26. The number of nitrogen functional groups attached to an aromatic ring is 1. The van der Waals surface area contributed by atoms with Crippen LogP contribution in [0.5, 0.6) is 0 Å². The number of nitrogens with zero attached hydrogens (tertiary/aromatic N) is 2. The molecule has 0 aliphatic heterocycles. The Morgan fingerprint density at radius 3 is 1.65 bits per heavy atom. The summed E-state index contributed by atoms with van der Waals surface area (Å²) in [7, 11) is 0. The van der Waals surface area contributed by atoms with Gasteiger partial charge >= 0.3 is 0 Å². The van der Waals surface area contributed by atoms with Gasteiger partial charge in [0.05, 0.1) is 9.85 Å². The summed E-state index contributed by atoms with van der Waals surface area (Å²) >= 11 is 0. The molecule has 0 radical (unpaired) electrons. The van der Waals surface area contributed by atoms with Crippen LogP contribution >= 0.6 is 0 Å². The van der Waals surface area contributed by atoms with E-state index < -0.39 is 15.3 Å². The van der Waals surface area contributed by atoms with Crippen molar-refractivity contribution in [3.63, 3.8) is 0 Å². The Kier molecular flexibility index (Phi) is 3.03. The van der Waals surface area contributed by atoms with E-state index in [0.717, 1.165) is 12.1 Å². The molecule has 0 bridgehead atoms. The molecule has 0 unspecified atom stereocenters. The fourth-order valence-corrected chi connectivity index (χ4v) is 1.69. The number of nitrogens with two attached hydrogens (primary N) is 1. The van der Waals surface area contributed by atoms with Gasteiger partial charge in [0, 0.05) is 23.2 Å². The lowest BCUT2D eigenvalue weighted by Gasteiger charge is -2.18. The molecule has 0 aliphatic carbocycles. The molecule has 0 fully saturated rings. The summed E-state index contributed by atoms with van der Waals surface area (Å²) in [6.45, 7) is 5.04. The Morgan fingerprint density at radius 2 is 1.41 bits per heavy atom. The van der Waals surface area contributed by atoms with Gasteiger partial charge in [0.2, 0.25) is 0 Å². The van der Waals surface area contributed by atoms with E-state index in [1.807, 2.05) is 0 Å². The fourth-order valence-electron chi connectivity index (χ4n) is 1.69. The van der Waals surface area contributed by atoms with Crippen molar-refractivity contribution in [2.24, 2.45) is 0 Å². The predicted molar refractivity (Wildman–Crippen MR) is 62.9 cm³/mol. The summed E-state index contributed by atoms with van der Waals surface area (Å²) in [6.07, 6.45) is 0. The van der Waals surface area contributed by atoms with Crippen molar-refractivity contribution in [3.8, 4) is 0 Å². The zero-order valence-electron chi connectivity index (χ0n) is 9.76. The molecule has 7 heteroatoms. The lowest BCUT2D eigenvalue weighted by molar-refractivity contribution is -0.396. The van der Waals surface area contributed by atoms with Gasteiger partial charge in [-0.15, -0.1) is 0 Å². The van der Waals surface area contributed by atoms with Crippen molar-refractivity contribution in [1.29, 1.82) is 0 Å². The molecule has 1 aromatic rings. The third-order valence-electron chi connectivity index (χ3n) is 2.26. The van der Waals surface area contributed by atoms with Gasteiger partial charge in [-0.3, -0.25) is 20.2 Å². The molecule has 17 heavy (non-hydrogen) atoms. The van der Waals surface area contributed by atoms with Gasteiger partial charge in [-0.1, -0.05) is 20.8 Å². The van der Waals surface area contributed by atoms with E-state index in [-0.39, 0.29) is 22.6 Å². The van der Waals surface area contributed by atoms with Crippen molar-refractivity contribution in [3.05, 3.63) is 37.9 Å². The maximum atomic E-state index is 10.9. The van der Waals surface area contributed by atoms with Gasteiger partial charge in [0.15, 0.2) is 0 Å². The maximum absolute atomic E-state index is 10.9. The number of nitro benzene ring substituents is 2. The van der Waals surface area contributed by atoms with Gasteiger partial charge in [-0.2, -0.15) is 0 Å². The van der Waals surface area contributed by atoms with E-state index in [2.05, 4.69) is 0 Å². The van der Waals surface area contributed by atoms with E-state index in [9.17, 15) is 20.2 Å². The Hall–Kier alpha value is -2.18. The van der Waals surface area contributed by atoms with Crippen molar-refractivity contribution in [2.45, 2.75) is 26.2 Å². The van der Waals surface area contributed by atoms with Gasteiger partial charge < -0.3 is 5.73 Å². The lowest BCUT2D eigenvalue weighted by Crippen LogP contribution is -2.16. The van der Waals surface area contributed by atoms with Crippen LogP contribution in [0.3, 0.4) is 0 Å². The number of benzene rings is 1. The number of anilines is 1. The normalized spacial score (nSPS) is 11.2. The molecular formula is C10H13N3O4. The predicted octanol–water partition coefficient (Wildman–Crippen LogP) is 2.38. The van der Waals surface area contributed by atoms with E-state index in [1.165, 1.54) is 0 Å². The highest BCUT2D eigenvalue weighted by molar-refractivity contribution is 5.65. The highest BCUT2D eigenvalue weighted by Gasteiger charge is 2.34. The quantitative estimate of drug-likeness (QED) is 0.483. The van der Waals surface area contributed by atoms with Crippen molar-refractivity contribution >= 4 is 17.1 Å². The van der Waals surface area contributed by atoms with Crippen LogP contribution in [0.1, 0.15) is 26.3 Å². The van der Waals surface area contributed by atoms with Crippen LogP contribution in [0.15, 0.2) is 12.1 Å². The molecule has 0 saturated carbocycles. The summed E-state index contributed by atoms with van der Waals surface area (Å²) in [5.41, 5.74) is 4.19. The van der Waals surface area contributed by atoms with Gasteiger partial charge in [0.25, 0.3) is 11.4 Å². The van der Waals surface area contributed by atoms with Crippen LogP contribution in [-0.2, 0) is 5.41 Å².